The number of rotatable bonds is 9. The number of nitrogens with zero attached hydrogens (tertiary/aromatic N) is 5. The number of carbonyl (C=O) groups is 1. The molecule has 1 fully saturated rings. The Bertz CT molecular complexity index is 834. The van der Waals surface area contributed by atoms with E-state index in [1.165, 1.54) is 12.1 Å². The van der Waals surface area contributed by atoms with Crippen molar-refractivity contribution in [3.8, 4) is 11.4 Å². The molecule has 11 heteroatoms. The number of hydrogen-bond acceptors (Lipinski definition) is 9. The van der Waals surface area contributed by atoms with Gasteiger partial charge in [0.05, 0.1) is 24.6 Å². The summed E-state index contributed by atoms with van der Waals surface area (Å²) >= 11 is 0. The zero-order valence-corrected chi connectivity index (χ0v) is 16.2. The van der Waals surface area contributed by atoms with Crippen LogP contribution in [0, 0.1) is 10.1 Å². The van der Waals surface area contributed by atoms with Crippen LogP contribution in [0.4, 0.5) is 5.69 Å². The second-order valence-corrected chi connectivity index (χ2v) is 6.71. The Kier molecular flexibility index (Phi) is 7.22. The second-order valence-electron chi connectivity index (χ2n) is 6.71. The van der Waals surface area contributed by atoms with E-state index in [1.807, 2.05) is 0 Å². The van der Waals surface area contributed by atoms with Crippen molar-refractivity contribution >= 4 is 11.6 Å². The Morgan fingerprint density at radius 1 is 1.31 bits per heavy atom. The number of methoxy groups -OCH3 is 1. The SMILES string of the molecule is COCCNC(=O)CN1CCN(Cc2nc(-c3cccc([N+](=O)[O-])c3)no2)CC1. The van der Waals surface area contributed by atoms with Gasteiger partial charge in [-0.1, -0.05) is 17.3 Å². The molecule has 1 aromatic heterocycles. The highest BCUT2D eigenvalue weighted by atomic mass is 16.6. The van der Waals surface area contributed by atoms with Gasteiger partial charge in [-0.3, -0.25) is 24.7 Å². The van der Waals surface area contributed by atoms with E-state index >= 15 is 0 Å². The Labute approximate surface area is 167 Å². The van der Waals surface area contributed by atoms with Gasteiger partial charge in [0.2, 0.25) is 17.6 Å². The van der Waals surface area contributed by atoms with E-state index in [2.05, 4.69) is 25.3 Å². The Balaban J connectivity index is 1.47. The highest BCUT2D eigenvalue weighted by molar-refractivity contribution is 5.78. The van der Waals surface area contributed by atoms with Crippen LogP contribution in [0.25, 0.3) is 11.4 Å². The average Bonchev–Trinajstić information content (AvgIpc) is 3.18. The molecular weight excluding hydrogens is 380 g/mol. The maximum absolute atomic E-state index is 11.9. The van der Waals surface area contributed by atoms with Gasteiger partial charge in [-0.25, -0.2) is 0 Å². The minimum absolute atomic E-state index is 0.00556. The Hall–Kier alpha value is -2.89. The number of ether oxygens (including phenoxy) is 1. The molecule has 1 aliphatic rings. The molecule has 2 aromatic rings. The molecule has 0 aliphatic carbocycles. The van der Waals surface area contributed by atoms with Crippen LogP contribution in [-0.4, -0.2) is 83.8 Å². The largest absolute Gasteiger partial charge is 0.383 e. The van der Waals surface area contributed by atoms with Crippen LogP contribution < -0.4 is 5.32 Å². The summed E-state index contributed by atoms with van der Waals surface area (Å²) in [6, 6.07) is 6.14. The first-order chi connectivity index (χ1) is 14.0. The first-order valence-electron chi connectivity index (χ1n) is 9.33. The molecule has 2 heterocycles. The molecule has 1 N–H and O–H groups in total. The van der Waals surface area contributed by atoms with Crippen molar-refractivity contribution in [1.82, 2.24) is 25.3 Å². The fourth-order valence-electron chi connectivity index (χ4n) is 3.04. The molecule has 1 aliphatic heterocycles. The molecule has 3 rings (SSSR count). The smallest absolute Gasteiger partial charge is 0.270 e. The Morgan fingerprint density at radius 2 is 2.07 bits per heavy atom. The molecule has 0 spiro atoms. The number of non-ortho nitro benzene ring substituents is 1. The van der Waals surface area contributed by atoms with E-state index in [-0.39, 0.29) is 11.6 Å². The van der Waals surface area contributed by atoms with Gasteiger partial charge in [-0.2, -0.15) is 4.98 Å². The lowest BCUT2D eigenvalue weighted by Gasteiger charge is -2.33. The number of piperazine rings is 1. The molecule has 29 heavy (non-hydrogen) atoms. The van der Waals surface area contributed by atoms with Gasteiger partial charge in [-0.05, 0) is 0 Å². The highest BCUT2D eigenvalue weighted by Crippen LogP contribution is 2.21. The summed E-state index contributed by atoms with van der Waals surface area (Å²) in [5, 5.41) is 17.7. The van der Waals surface area contributed by atoms with Gasteiger partial charge in [0.1, 0.15) is 0 Å². The molecule has 1 aromatic carbocycles. The van der Waals surface area contributed by atoms with E-state index in [1.54, 1.807) is 19.2 Å². The first-order valence-corrected chi connectivity index (χ1v) is 9.33. The van der Waals surface area contributed by atoms with Crippen LogP contribution in [-0.2, 0) is 16.1 Å². The molecule has 1 amide bonds. The fourth-order valence-corrected chi connectivity index (χ4v) is 3.04. The number of benzene rings is 1. The average molecular weight is 404 g/mol. The number of nitro groups is 1. The van der Waals surface area contributed by atoms with Crippen LogP contribution in [0.5, 0.6) is 0 Å². The topological polar surface area (TPSA) is 127 Å². The summed E-state index contributed by atoms with van der Waals surface area (Å²) in [5.74, 6) is 0.779. The first kappa shape index (κ1) is 20.8. The number of hydrogen-bond donors (Lipinski definition) is 1. The molecule has 11 nitrogen and oxygen atoms in total. The van der Waals surface area contributed by atoms with E-state index < -0.39 is 4.92 Å². The zero-order valence-electron chi connectivity index (χ0n) is 16.2. The van der Waals surface area contributed by atoms with Crippen molar-refractivity contribution in [2.45, 2.75) is 6.54 Å². The van der Waals surface area contributed by atoms with Crippen LogP contribution in [0.2, 0.25) is 0 Å². The van der Waals surface area contributed by atoms with Crippen molar-refractivity contribution in [2.24, 2.45) is 0 Å². The molecule has 156 valence electrons. The summed E-state index contributed by atoms with van der Waals surface area (Å²) < 4.78 is 10.2. The van der Waals surface area contributed by atoms with E-state index in [4.69, 9.17) is 9.26 Å². The van der Waals surface area contributed by atoms with E-state index in [9.17, 15) is 14.9 Å². The van der Waals surface area contributed by atoms with Gasteiger partial charge >= 0.3 is 0 Å². The monoisotopic (exact) mass is 404 g/mol. The number of carbonyl (C=O) groups excluding carboxylic acids is 1. The van der Waals surface area contributed by atoms with Crippen molar-refractivity contribution in [2.75, 3.05) is 53.0 Å². The predicted octanol–water partition coefficient (Wildman–Crippen LogP) is 0.525. The van der Waals surface area contributed by atoms with Crippen LogP contribution in [0.1, 0.15) is 5.89 Å². The summed E-state index contributed by atoms with van der Waals surface area (Å²) in [5.41, 5.74) is 0.523. The summed E-state index contributed by atoms with van der Waals surface area (Å²) in [7, 11) is 1.60. The second kappa shape index (κ2) is 10.0. The standard InChI is InChI=1S/C18H24N6O5/c1-28-10-5-19-16(25)12-22-6-8-23(9-7-22)13-17-20-18(21-29-17)14-3-2-4-15(11-14)24(26)27/h2-4,11H,5-10,12-13H2,1H3,(H,19,25). The maximum Gasteiger partial charge on any atom is 0.270 e. The number of amides is 1. The van der Waals surface area contributed by atoms with Crippen molar-refractivity contribution in [3.05, 3.63) is 40.3 Å². The van der Waals surface area contributed by atoms with Crippen molar-refractivity contribution in [3.63, 3.8) is 0 Å². The summed E-state index contributed by atoms with van der Waals surface area (Å²) in [4.78, 5) is 30.9. The molecule has 0 unspecified atom stereocenters. The fraction of sp³-hybridized carbons (Fsp3) is 0.500. The molecule has 1 saturated heterocycles. The molecular formula is C18H24N6O5. The van der Waals surface area contributed by atoms with Crippen molar-refractivity contribution < 1.29 is 19.0 Å². The number of aromatic nitrogens is 2. The minimum Gasteiger partial charge on any atom is -0.383 e. The number of nitrogens with one attached hydrogen (secondary N) is 1. The van der Waals surface area contributed by atoms with Gasteiger partial charge < -0.3 is 14.6 Å². The van der Waals surface area contributed by atoms with E-state index in [0.29, 0.717) is 43.5 Å². The normalized spacial score (nSPS) is 15.3. The highest BCUT2D eigenvalue weighted by Gasteiger charge is 2.21. The Morgan fingerprint density at radius 3 is 2.79 bits per heavy atom. The lowest BCUT2D eigenvalue weighted by atomic mass is 10.2. The van der Waals surface area contributed by atoms with Gasteiger partial charge in [-0.15, -0.1) is 0 Å². The lowest BCUT2D eigenvalue weighted by Crippen LogP contribution is -2.49. The molecule has 0 atom stereocenters. The summed E-state index contributed by atoms with van der Waals surface area (Å²) in [6.45, 7) is 4.97. The molecule has 0 saturated carbocycles. The molecule has 0 bridgehead atoms. The van der Waals surface area contributed by atoms with E-state index in [0.717, 1.165) is 26.2 Å². The quantitative estimate of drug-likeness (QED) is 0.361. The lowest BCUT2D eigenvalue weighted by molar-refractivity contribution is -0.384. The zero-order chi connectivity index (χ0) is 20.6. The minimum atomic E-state index is -0.457. The van der Waals surface area contributed by atoms with Crippen LogP contribution in [0.3, 0.4) is 0 Å². The third-order valence-corrected chi connectivity index (χ3v) is 4.60. The van der Waals surface area contributed by atoms with Gasteiger partial charge in [0, 0.05) is 57.5 Å². The van der Waals surface area contributed by atoms with Crippen LogP contribution >= 0.6 is 0 Å². The number of nitro benzene ring substituents is 1. The predicted molar refractivity (Wildman–Crippen MR) is 103 cm³/mol. The third kappa shape index (κ3) is 6.04. The summed E-state index contributed by atoms with van der Waals surface area (Å²) in [6.07, 6.45) is 0. The maximum atomic E-state index is 11.9. The molecule has 0 radical (unpaired) electrons. The van der Waals surface area contributed by atoms with Gasteiger partial charge in [0.25, 0.3) is 5.69 Å². The third-order valence-electron chi connectivity index (χ3n) is 4.60. The van der Waals surface area contributed by atoms with Gasteiger partial charge in [0.15, 0.2) is 0 Å². The van der Waals surface area contributed by atoms with Crippen LogP contribution in [0.15, 0.2) is 28.8 Å². The van der Waals surface area contributed by atoms with Crippen molar-refractivity contribution in [1.29, 1.82) is 0 Å².